The van der Waals surface area contributed by atoms with Gasteiger partial charge >= 0.3 is 6.09 Å². The lowest BCUT2D eigenvalue weighted by atomic mass is 10.0. The smallest absolute Gasteiger partial charge is 0.410 e. The summed E-state index contributed by atoms with van der Waals surface area (Å²) in [7, 11) is 0. The van der Waals surface area contributed by atoms with Crippen LogP contribution in [0.15, 0.2) is 59.9 Å². The highest BCUT2D eigenvalue weighted by molar-refractivity contribution is 5.72. The molecular formula is C28H36N6O2. The maximum absolute atomic E-state index is 12.7. The molecule has 8 nitrogen and oxygen atoms in total. The summed E-state index contributed by atoms with van der Waals surface area (Å²) in [6.07, 6.45) is 11.1. The summed E-state index contributed by atoms with van der Waals surface area (Å²) in [5, 5.41) is 8.23. The second kappa shape index (κ2) is 10.3. The van der Waals surface area contributed by atoms with E-state index < -0.39 is 5.60 Å². The Kier molecular flexibility index (Phi) is 6.96. The fourth-order valence-electron chi connectivity index (χ4n) is 5.12. The molecule has 1 unspecified atom stereocenters. The van der Waals surface area contributed by atoms with Gasteiger partial charge in [0.05, 0.1) is 11.4 Å². The number of rotatable bonds is 4. The maximum atomic E-state index is 12.7. The molecule has 1 aromatic heterocycles. The number of pyridine rings is 1. The first-order valence-corrected chi connectivity index (χ1v) is 12.9. The van der Waals surface area contributed by atoms with Gasteiger partial charge in [0.2, 0.25) is 0 Å². The predicted octanol–water partition coefficient (Wildman–Crippen LogP) is 4.59. The monoisotopic (exact) mass is 488 g/mol. The van der Waals surface area contributed by atoms with Crippen LogP contribution in [0.5, 0.6) is 0 Å². The number of allylic oxidation sites excluding steroid dienone is 1. The molecule has 1 atom stereocenters. The summed E-state index contributed by atoms with van der Waals surface area (Å²) in [4.78, 5) is 24.0. The van der Waals surface area contributed by atoms with Crippen LogP contribution in [-0.2, 0) is 11.2 Å². The van der Waals surface area contributed by atoms with Crippen LogP contribution in [0.1, 0.15) is 45.6 Å². The number of carbonyl (C=O) groups is 1. The standard InChI is InChI=1S/C28H36N6O2/c1-28(2,3)36-27(35)32-17-12-23(13-18-32)34(26-29-14-8-15-30-26)33-16-7-11-22-20-31-24(19-25(22)33)21-9-5-4-6-10-21/h4-6,8-10,14-15,19-20,23,26,29H,7,11-13,16-18H2,1-3H3. The number of aromatic nitrogens is 1. The second-order valence-corrected chi connectivity index (χ2v) is 10.6. The molecule has 0 aliphatic carbocycles. The first-order chi connectivity index (χ1) is 17.4. The van der Waals surface area contributed by atoms with Crippen molar-refractivity contribution in [2.75, 3.05) is 24.6 Å². The van der Waals surface area contributed by atoms with Gasteiger partial charge in [-0.1, -0.05) is 30.3 Å². The van der Waals surface area contributed by atoms with Crippen molar-refractivity contribution in [1.29, 1.82) is 0 Å². The minimum Gasteiger partial charge on any atom is -0.444 e. The zero-order chi connectivity index (χ0) is 25.1. The Morgan fingerprint density at radius 1 is 1.14 bits per heavy atom. The number of ether oxygens (including phenoxy) is 1. The molecule has 8 heteroatoms. The summed E-state index contributed by atoms with van der Waals surface area (Å²) in [6.45, 7) is 7.96. The van der Waals surface area contributed by atoms with Gasteiger partial charge in [0.15, 0.2) is 6.29 Å². The van der Waals surface area contributed by atoms with E-state index in [0.717, 1.165) is 43.5 Å². The topological polar surface area (TPSA) is 73.3 Å². The third-order valence-corrected chi connectivity index (χ3v) is 6.80. The summed E-state index contributed by atoms with van der Waals surface area (Å²) < 4.78 is 5.62. The Bertz CT molecular complexity index is 1120. The molecule has 0 radical (unpaired) electrons. The van der Waals surface area contributed by atoms with Gasteiger partial charge in [0.1, 0.15) is 5.60 Å². The average Bonchev–Trinajstić information content (AvgIpc) is 2.89. The van der Waals surface area contributed by atoms with Crippen LogP contribution in [0.2, 0.25) is 0 Å². The number of hydrogen-bond donors (Lipinski definition) is 1. The van der Waals surface area contributed by atoms with E-state index in [1.54, 1.807) is 0 Å². The van der Waals surface area contributed by atoms with Gasteiger partial charge in [-0.2, -0.15) is 5.01 Å². The second-order valence-electron chi connectivity index (χ2n) is 10.6. The van der Waals surface area contributed by atoms with Gasteiger partial charge < -0.3 is 20.0 Å². The molecule has 2 aromatic rings. The zero-order valence-electron chi connectivity index (χ0n) is 21.4. The van der Waals surface area contributed by atoms with E-state index in [1.807, 2.05) is 68.6 Å². The van der Waals surface area contributed by atoms with E-state index in [0.29, 0.717) is 13.1 Å². The number of nitrogens with zero attached hydrogens (tertiary/aromatic N) is 5. The van der Waals surface area contributed by atoms with Crippen molar-refractivity contribution in [2.24, 2.45) is 4.99 Å². The van der Waals surface area contributed by atoms with Crippen LogP contribution in [0.25, 0.3) is 11.3 Å². The van der Waals surface area contributed by atoms with Crippen LogP contribution in [0, 0.1) is 0 Å². The Morgan fingerprint density at radius 3 is 2.61 bits per heavy atom. The number of nitrogens with one attached hydrogen (secondary N) is 1. The number of aryl methyl sites for hydroxylation is 1. The van der Waals surface area contributed by atoms with Crippen LogP contribution in [0.3, 0.4) is 0 Å². The van der Waals surface area contributed by atoms with Gasteiger partial charge in [-0.25, -0.2) is 4.79 Å². The summed E-state index contributed by atoms with van der Waals surface area (Å²) in [5.41, 5.74) is 4.04. The molecule has 1 aromatic carbocycles. The number of piperidine rings is 1. The molecule has 4 heterocycles. The van der Waals surface area contributed by atoms with Crippen molar-refractivity contribution < 1.29 is 9.53 Å². The number of likely N-dealkylation sites (tertiary alicyclic amines) is 1. The third-order valence-electron chi connectivity index (χ3n) is 6.80. The van der Waals surface area contributed by atoms with Gasteiger partial charge in [-0.05, 0) is 64.2 Å². The predicted molar refractivity (Wildman–Crippen MR) is 143 cm³/mol. The van der Waals surface area contributed by atoms with Crippen molar-refractivity contribution in [3.63, 3.8) is 0 Å². The SMILES string of the molecule is CC(C)(C)OC(=O)N1CCC(N(C2N=CC=CN2)N2CCCc3cnc(-c4ccccc4)cc32)CC1. The third kappa shape index (κ3) is 5.38. The Morgan fingerprint density at radius 2 is 1.92 bits per heavy atom. The first kappa shape index (κ1) is 24.3. The highest BCUT2D eigenvalue weighted by Crippen LogP contribution is 2.34. The quantitative estimate of drug-likeness (QED) is 0.679. The molecule has 190 valence electrons. The van der Waals surface area contributed by atoms with Crippen molar-refractivity contribution in [3.8, 4) is 11.3 Å². The Balaban J connectivity index is 1.41. The number of fused-ring (bicyclic) bond motifs is 1. The van der Waals surface area contributed by atoms with Crippen LogP contribution in [-0.4, -0.2) is 64.8 Å². The molecule has 1 fully saturated rings. The van der Waals surface area contributed by atoms with Crippen LogP contribution >= 0.6 is 0 Å². The molecule has 1 amide bonds. The van der Waals surface area contributed by atoms with Gasteiger partial charge in [-0.15, -0.1) is 0 Å². The van der Waals surface area contributed by atoms with Crippen molar-refractivity contribution in [1.82, 2.24) is 20.2 Å². The van der Waals surface area contributed by atoms with Gasteiger partial charge in [-0.3, -0.25) is 9.98 Å². The van der Waals surface area contributed by atoms with Crippen molar-refractivity contribution in [3.05, 3.63) is 60.4 Å². The lowest BCUT2D eigenvalue weighted by Crippen LogP contribution is -2.61. The number of amides is 1. The number of hydrazine groups is 1. The summed E-state index contributed by atoms with van der Waals surface area (Å²) in [6, 6.07) is 12.8. The van der Waals surface area contributed by atoms with E-state index >= 15 is 0 Å². The van der Waals surface area contributed by atoms with E-state index in [2.05, 4.69) is 33.5 Å². The normalized spacial score (nSPS) is 20.3. The molecule has 36 heavy (non-hydrogen) atoms. The minimum absolute atomic E-state index is 0.202. The number of hydrogen-bond acceptors (Lipinski definition) is 7. The van der Waals surface area contributed by atoms with E-state index in [1.165, 1.54) is 11.3 Å². The molecule has 3 aliphatic rings. The van der Waals surface area contributed by atoms with Crippen molar-refractivity contribution in [2.45, 2.75) is 64.4 Å². The molecule has 1 N–H and O–H groups in total. The molecule has 5 rings (SSSR count). The molecular weight excluding hydrogens is 452 g/mol. The first-order valence-electron chi connectivity index (χ1n) is 12.9. The summed E-state index contributed by atoms with van der Waals surface area (Å²) in [5.74, 6) is 0. The highest BCUT2D eigenvalue weighted by atomic mass is 16.6. The van der Waals surface area contributed by atoms with Crippen molar-refractivity contribution >= 4 is 18.0 Å². The highest BCUT2D eigenvalue weighted by Gasteiger charge is 2.37. The molecule has 0 saturated carbocycles. The Labute approximate surface area is 213 Å². The lowest BCUT2D eigenvalue weighted by Gasteiger charge is -2.49. The number of benzene rings is 1. The number of anilines is 1. The van der Waals surface area contributed by atoms with Crippen LogP contribution in [0.4, 0.5) is 10.5 Å². The molecule has 3 aliphatic heterocycles. The van der Waals surface area contributed by atoms with Gasteiger partial charge in [0, 0.05) is 49.9 Å². The fourth-order valence-corrected chi connectivity index (χ4v) is 5.12. The van der Waals surface area contributed by atoms with Gasteiger partial charge in [0.25, 0.3) is 0 Å². The fraction of sp³-hybridized carbons (Fsp3) is 0.464. The molecule has 0 spiro atoms. The van der Waals surface area contributed by atoms with E-state index in [-0.39, 0.29) is 18.4 Å². The summed E-state index contributed by atoms with van der Waals surface area (Å²) >= 11 is 0. The minimum atomic E-state index is -0.491. The Hall–Kier alpha value is -3.39. The molecule has 1 saturated heterocycles. The zero-order valence-corrected chi connectivity index (χ0v) is 21.4. The van der Waals surface area contributed by atoms with E-state index in [9.17, 15) is 4.79 Å². The molecule has 0 bridgehead atoms. The van der Waals surface area contributed by atoms with Crippen LogP contribution < -0.4 is 10.3 Å². The lowest BCUT2D eigenvalue weighted by molar-refractivity contribution is 0.00782. The van der Waals surface area contributed by atoms with E-state index in [4.69, 9.17) is 14.7 Å². The largest absolute Gasteiger partial charge is 0.444 e. The average molecular weight is 489 g/mol. The number of carbonyl (C=O) groups excluding carboxylic acids is 1. The number of aliphatic imine (C=N–C) groups is 1. The maximum Gasteiger partial charge on any atom is 0.410 e.